The molecule has 2 aromatic rings. The first-order valence-electron chi connectivity index (χ1n) is 6.87. The Kier molecular flexibility index (Phi) is 6.21. The topological polar surface area (TPSA) is 100 Å². The lowest BCUT2D eigenvalue weighted by molar-refractivity contribution is -0.136. The first-order chi connectivity index (χ1) is 11.9. The maximum absolute atomic E-state index is 11.8. The van der Waals surface area contributed by atoms with Crippen LogP contribution in [0.2, 0.25) is 10.0 Å². The molecule has 0 aliphatic heterocycles. The number of phenols is 1. The molecule has 0 saturated carbocycles. The molecule has 25 heavy (non-hydrogen) atoms. The number of aromatic hydroxyl groups is 1. The quantitative estimate of drug-likeness (QED) is 0.430. The number of carbonyl (C=O) groups is 2. The van der Waals surface area contributed by atoms with Crippen LogP contribution in [-0.2, 0) is 9.59 Å². The predicted molar refractivity (Wildman–Crippen MR) is 95.5 cm³/mol. The molecule has 0 spiro atoms. The number of methoxy groups -OCH3 is 1. The summed E-state index contributed by atoms with van der Waals surface area (Å²) in [5.41, 5.74) is 2.54. The Balaban J connectivity index is 2.00. The van der Waals surface area contributed by atoms with E-state index in [1.54, 1.807) is 12.1 Å². The summed E-state index contributed by atoms with van der Waals surface area (Å²) in [6, 6.07) is 8.93. The molecule has 2 aromatic carbocycles. The molecule has 3 N–H and O–H groups in total. The van der Waals surface area contributed by atoms with Crippen molar-refractivity contribution in [2.24, 2.45) is 5.10 Å². The minimum absolute atomic E-state index is 0.0611. The summed E-state index contributed by atoms with van der Waals surface area (Å²) in [4.78, 5) is 23.6. The number of benzene rings is 2. The third kappa shape index (κ3) is 5.10. The molecule has 2 rings (SSSR count). The van der Waals surface area contributed by atoms with E-state index in [9.17, 15) is 14.7 Å². The van der Waals surface area contributed by atoms with Crippen LogP contribution in [0.1, 0.15) is 5.56 Å². The average molecular weight is 382 g/mol. The van der Waals surface area contributed by atoms with Crippen molar-refractivity contribution >= 4 is 46.9 Å². The van der Waals surface area contributed by atoms with Crippen LogP contribution in [0, 0.1) is 0 Å². The fourth-order valence-corrected chi connectivity index (χ4v) is 2.08. The standard InChI is InChI=1S/C16H13Cl2N3O4/c1-25-11-3-5-14(22)9(6-11)8-19-21-16(24)15(23)20-13-7-10(17)2-4-12(13)18/h2-8,22H,1H3,(H,20,23)(H,21,24)/b19-8+. The maximum Gasteiger partial charge on any atom is 0.329 e. The van der Waals surface area contributed by atoms with E-state index in [4.69, 9.17) is 27.9 Å². The highest BCUT2D eigenvalue weighted by molar-refractivity contribution is 6.42. The second-order valence-electron chi connectivity index (χ2n) is 4.70. The number of ether oxygens (including phenoxy) is 1. The number of hydrazone groups is 1. The maximum atomic E-state index is 11.8. The molecule has 130 valence electrons. The third-order valence-corrected chi connectivity index (χ3v) is 3.55. The summed E-state index contributed by atoms with van der Waals surface area (Å²) < 4.78 is 5.02. The number of nitrogens with one attached hydrogen (secondary N) is 2. The normalized spacial score (nSPS) is 10.5. The van der Waals surface area contributed by atoms with E-state index in [1.165, 1.54) is 37.6 Å². The summed E-state index contributed by atoms with van der Waals surface area (Å²) in [5, 5.41) is 16.2. The van der Waals surface area contributed by atoms with E-state index in [2.05, 4.69) is 10.4 Å². The van der Waals surface area contributed by atoms with Gasteiger partial charge in [-0.15, -0.1) is 0 Å². The van der Waals surface area contributed by atoms with Crippen LogP contribution in [-0.4, -0.2) is 30.2 Å². The Bertz CT molecular complexity index is 840. The lowest BCUT2D eigenvalue weighted by Crippen LogP contribution is -2.32. The molecule has 0 aliphatic rings. The molecule has 0 atom stereocenters. The number of nitrogens with zero attached hydrogens (tertiary/aromatic N) is 1. The van der Waals surface area contributed by atoms with E-state index in [0.717, 1.165) is 0 Å². The number of phenolic OH excluding ortho intramolecular Hbond substituents is 1. The second kappa shape index (κ2) is 8.36. The molecule has 0 unspecified atom stereocenters. The van der Waals surface area contributed by atoms with Crippen LogP contribution in [0.4, 0.5) is 5.69 Å². The zero-order valence-corrected chi connectivity index (χ0v) is 14.4. The van der Waals surface area contributed by atoms with E-state index in [0.29, 0.717) is 16.3 Å². The summed E-state index contributed by atoms with van der Waals surface area (Å²) in [6.07, 6.45) is 1.18. The molecule has 0 radical (unpaired) electrons. The zero-order chi connectivity index (χ0) is 18.4. The van der Waals surface area contributed by atoms with Gasteiger partial charge in [-0.3, -0.25) is 9.59 Å². The van der Waals surface area contributed by atoms with Crippen LogP contribution in [0.25, 0.3) is 0 Å². The molecular formula is C16H13Cl2N3O4. The van der Waals surface area contributed by atoms with Gasteiger partial charge in [0.1, 0.15) is 11.5 Å². The Hall–Kier alpha value is -2.77. The van der Waals surface area contributed by atoms with Crippen molar-refractivity contribution in [3.05, 3.63) is 52.0 Å². The predicted octanol–water partition coefficient (Wildman–Crippen LogP) is 2.80. The Morgan fingerprint density at radius 1 is 1.16 bits per heavy atom. The van der Waals surface area contributed by atoms with Gasteiger partial charge >= 0.3 is 11.8 Å². The van der Waals surface area contributed by atoms with Crippen LogP contribution in [0.15, 0.2) is 41.5 Å². The number of hydrogen-bond acceptors (Lipinski definition) is 5. The number of anilines is 1. The highest BCUT2D eigenvalue weighted by atomic mass is 35.5. The van der Waals surface area contributed by atoms with Gasteiger partial charge in [0.05, 0.1) is 24.0 Å². The Labute approximate surface area is 153 Å². The average Bonchev–Trinajstić information content (AvgIpc) is 2.59. The SMILES string of the molecule is COc1ccc(O)c(/C=N/NC(=O)C(=O)Nc2cc(Cl)ccc2Cl)c1. The number of hydrogen-bond donors (Lipinski definition) is 3. The van der Waals surface area contributed by atoms with Gasteiger partial charge in [-0.2, -0.15) is 5.10 Å². The lowest BCUT2D eigenvalue weighted by atomic mass is 10.2. The first kappa shape index (κ1) is 18.6. The monoisotopic (exact) mass is 381 g/mol. The smallest absolute Gasteiger partial charge is 0.329 e. The van der Waals surface area contributed by atoms with E-state index in [1.807, 2.05) is 5.43 Å². The van der Waals surface area contributed by atoms with Crippen LogP contribution >= 0.6 is 23.2 Å². The van der Waals surface area contributed by atoms with E-state index >= 15 is 0 Å². The Morgan fingerprint density at radius 3 is 2.64 bits per heavy atom. The highest BCUT2D eigenvalue weighted by Gasteiger charge is 2.14. The van der Waals surface area contributed by atoms with Gasteiger partial charge < -0.3 is 15.2 Å². The first-order valence-corrected chi connectivity index (χ1v) is 7.62. The highest BCUT2D eigenvalue weighted by Crippen LogP contribution is 2.25. The van der Waals surface area contributed by atoms with Gasteiger partial charge in [0.2, 0.25) is 0 Å². The number of amides is 2. The van der Waals surface area contributed by atoms with Gasteiger partial charge in [-0.25, -0.2) is 5.43 Å². The third-order valence-electron chi connectivity index (χ3n) is 2.99. The molecular weight excluding hydrogens is 369 g/mol. The van der Waals surface area contributed by atoms with Crippen molar-refractivity contribution in [1.82, 2.24) is 5.43 Å². The summed E-state index contributed by atoms with van der Waals surface area (Å²) in [6.45, 7) is 0. The van der Waals surface area contributed by atoms with Crippen molar-refractivity contribution in [2.75, 3.05) is 12.4 Å². The van der Waals surface area contributed by atoms with Gasteiger partial charge in [0.25, 0.3) is 0 Å². The number of rotatable bonds is 4. The van der Waals surface area contributed by atoms with Crippen molar-refractivity contribution in [1.29, 1.82) is 0 Å². The van der Waals surface area contributed by atoms with E-state index < -0.39 is 11.8 Å². The molecule has 0 saturated heterocycles. The van der Waals surface area contributed by atoms with Crippen molar-refractivity contribution in [3.8, 4) is 11.5 Å². The molecule has 0 fully saturated rings. The van der Waals surface area contributed by atoms with Crippen molar-refractivity contribution in [3.63, 3.8) is 0 Å². The van der Waals surface area contributed by atoms with Crippen LogP contribution in [0.3, 0.4) is 0 Å². The molecule has 7 nitrogen and oxygen atoms in total. The molecule has 2 amide bonds. The Morgan fingerprint density at radius 2 is 1.92 bits per heavy atom. The fourth-order valence-electron chi connectivity index (χ4n) is 1.75. The van der Waals surface area contributed by atoms with Gasteiger partial charge in [0, 0.05) is 10.6 Å². The molecule has 0 bridgehead atoms. The minimum Gasteiger partial charge on any atom is -0.507 e. The number of halogens is 2. The minimum atomic E-state index is -1.02. The summed E-state index contributed by atoms with van der Waals surface area (Å²) in [5.74, 6) is -1.56. The zero-order valence-electron chi connectivity index (χ0n) is 12.9. The van der Waals surface area contributed by atoms with Gasteiger partial charge in [-0.05, 0) is 36.4 Å². The molecule has 9 heteroatoms. The van der Waals surface area contributed by atoms with Gasteiger partial charge in [0.15, 0.2) is 0 Å². The van der Waals surface area contributed by atoms with Gasteiger partial charge in [-0.1, -0.05) is 23.2 Å². The number of carbonyl (C=O) groups excluding carboxylic acids is 2. The second-order valence-corrected chi connectivity index (χ2v) is 5.55. The fraction of sp³-hybridized carbons (Fsp3) is 0.0625. The van der Waals surface area contributed by atoms with Crippen molar-refractivity contribution < 1.29 is 19.4 Å². The van der Waals surface area contributed by atoms with Crippen molar-refractivity contribution in [2.45, 2.75) is 0 Å². The van der Waals surface area contributed by atoms with E-state index in [-0.39, 0.29) is 16.5 Å². The molecule has 0 aromatic heterocycles. The van der Waals surface area contributed by atoms with Crippen LogP contribution < -0.4 is 15.5 Å². The molecule has 0 aliphatic carbocycles. The van der Waals surface area contributed by atoms with Crippen LogP contribution in [0.5, 0.6) is 11.5 Å². The summed E-state index contributed by atoms with van der Waals surface area (Å²) >= 11 is 11.7. The largest absolute Gasteiger partial charge is 0.507 e. The molecule has 0 heterocycles. The summed E-state index contributed by atoms with van der Waals surface area (Å²) in [7, 11) is 1.47. The lowest BCUT2D eigenvalue weighted by Gasteiger charge is -2.06.